The van der Waals surface area contributed by atoms with Gasteiger partial charge in [0.1, 0.15) is 0 Å². The summed E-state index contributed by atoms with van der Waals surface area (Å²) in [4.78, 5) is 26.1. The van der Waals surface area contributed by atoms with Crippen LogP contribution in [-0.2, 0) is 11.2 Å². The number of carbonyl (C=O) groups excluding carboxylic acids is 1. The minimum absolute atomic E-state index is 0.170. The van der Waals surface area contributed by atoms with E-state index in [4.69, 9.17) is 0 Å². The summed E-state index contributed by atoms with van der Waals surface area (Å²) < 4.78 is 0. The van der Waals surface area contributed by atoms with Gasteiger partial charge in [0.05, 0.1) is 5.56 Å². The van der Waals surface area contributed by atoms with E-state index in [-0.39, 0.29) is 11.3 Å². The number of amides is 1. The first kappa shape index (κ1) is 14.1. The topological polar surface area (TPSA) is 57.6 Å². The Morgan fingerprint density at radius 2 is 1.90 bits per heavy atom. The number of benzene rings is 1. The molecule has 1 saturated carbocycles. The third-order valence-electron chi connectivity index (χ3n) is 4.95. The Morgan fingerprint density at radius 3 is 2.57 bits per heavy atom. The number of rotatable bonds is 2. The molecule has 0 radical (unpaired) electrons. The van der Waals surface area contributed by atoms with Crippen LogP contribution in [0.4, 0.5) is 5.69 Å². The molecule has 1 amide bonds. The first-order valence-corrected chi connectivity index (χ1v) is 7.70. The predicted molar refractivity (Wildman–Crippen MR) is 80.7 cm³/mol. The van der Waals surface area contributed by atoms with Crippen LogP contribution < -0.4 is 4.90 Å². The largest absolute Gasteiger partial charge is 0.478 e. The van der Waals surface area contributed by atoms with E-state index in [1.165, 1.54) is 0 Å². The van der Waals surface area contributed by atoms with Crippen molar-refractivity contribution in [3.63, 3.8) is 0 Å². The summed E-state index contributed by atoms with van der Waals surface area (Å²) in [5.74, 6) is -0.739. The number of aromatic carboxylic acids is 1. The van der Waals surface area contributed by atoms with Crippen LogP contribution in [-0.4, -0.2) is 23.5 Å². The number of fused-ring (bicyclic) bond motifs is 1. The Hall–Kier alpha value is -1.84. The second-order valence-corrected chi connectivity index (χ2v) is 6.44. The summed E-state index contributed by atoms with van der Waals surface area (Å²) in [5.41, 5.74) is 1.68. The van der Waals surface area contributed by atoms with Gasteiger partial charge in [-0.3, -0.25) is 4.79 Å². The van der Waals surface area contributed by atoms with E-state index in [0.717, 1.165) is 49.8 Å². The predicted octanol–water partition coefficient (Wildman–Crippen LogP) is 3.24. The normalized spacial score (nSPS) is 20.1. The van der Waals surface area contributed by atoms with Gasteiger partial charge in [0.2, 0.25) is 5.91 Å². The Labute approximate surface area is 124 Å². The third kappa shape index (κ3) is 2.33. The van der Waals surface area contributed by atoms with Crippen LogP contribution in [0.3, 0.4) is 0 Å². The number of hydrogen-bond acceptors (Lipinski definition) is 2. The molecule has 0 spiro atoms. The zero-order valence-corrected chi connectivity index (χ0v) is 12.4. The van der Waals surface area contributed by atoms with E-state index in [2.05, 4.69) is 6.92 Å². The summed E-state index contributed by atoms with van der Waals surface area (Å²) in [6, 6.07) is 5.26. The van der Waals surface area contributed by atoms with Crippen LogP contribution in [0.15, 0.2) is 18.2 Å². The minimum atomic E-state index is -0.909. The van der Waals surface area contributed by atoms with Crippen LogP contribution in [0.1, 0.15) is 54.9 Å². The standard InChI is InChI=1S/C17H21NO3/c1-17(9-2-3-10-17)16(21)18-11-5-7-12-13(15(19)20)6-4-8-14(12)18/h4,6,8H,2-3,5,7,9-11H2,1H3,(H,19,20). The molecule has 1 heterocycles. The summed E-state index contributed by atoms with van der Waals surface area (Å²) in [5, 5.41) is 9.32. The van der Waals surface area contributed by atoms with E-state index in [1.54, 1.807) is 12.1 Å². The van der Waals surface area contributed by atoms with Gasteiger partial charge in [0.15, 0.2) is 0 Å². The Bertz CT molecular complexity index is 588. The van der Waals surface area contributed by atoms with Crippen molar-refractivity contribution in [3.05, 3.63) is 29.3 Å². The molecular formula is C17H21NO3. The fraction of sp³-hybridized carbons (Fsp3) is 0.529. The highest BCUT2D eigenvalue weighted by atomic mass is 16.4. The number of hydrogen-bond donors (Lipinski definition) is 1. The van der Waals surface area contributed by atoms with Gasteiger partial charge in [-0.1, -0.05) is 25.8 Å². The molecule has 1 aromatic rings. The molecule has 0 unspecified atom stereocenters. The van der Waals surface area contributed by atoms with Gasteiger partial charge in [-0.2, -0.15) is 0 Å². The first-order chi connectivity index (χ1) is 10.0. The van der Waals surface area contributed by atoms with E-state index in [0.29, 0.717) is 12.1 Å². The quantitative estimate of drug-likeness (QED) is 0.908. The average molecular weight is 287 g/mol. The Kier molecular flexibility index (Phi) is 3.47. The van der Waals surface area contributed by atoms with Crippen LogP contribution in [0.25, 0.3) is 0 Å². The second kappa shape index (κ2) is 5.17. The number of nitrogens with zero attached hydrogens (tertiary/aromatic N) is 1. The lowest BCUT2D eigenvalue weighted by Crippen LogP contribution is -2.44. The first-order valence-electron chi connectivity index (χ1n) is 7.70. The van der Waals surface area contributed by atoms with Crippen molar-refractivity contribution in [1.82, 2.24) is 0 Å². The molecule has 1 aromatic carbocycles. The monoisotopic (exact) mass is 287 g/mol. The number of carboxylic acids is 1. The maximum atomic E-state index is 12.9. The molecule has 3 rings (SSSR count). The van der Waals surface area contributed by atoms with E-state index in [9.17, 15) is 14.7 Å². The van der Waals surface area contributed by atoms with Crippen LogP contribution >= 0.6 is 0 Å². The fourth-order valence-corrected chi connectivity index (χ4v) is 3.73. The molecule has 1 aliphatic heterocycles. The molecule has 0 bridgehead atoms. The molecule has 0 atom stereocenters. The lowest BCUT2D eigenvalue weighted by atomic mass is 9.85. The third-order valence-corrected chi connectivity index (χ3v) is 4.95. The molecule has 0 saturated heterocycles. The summed E-state index contributed by atoms with van der Waals surface area (Å²) in [6.07, 6.45) is 5.67. The second-order valence-electron chi connectivity index (χ2n) is 6.44. The van der Waals surface area contributed by atoms with Crippen LogP contribution in [0.5, 0.6) is 0 Å². The zero-order chi connectivity index (χ0) is 15.0. The molecule has 0 aromatic heterocycles. The summed E-state index contributed by atoms with van der Waals surface area (Å²) in [6.45, 7) is 2.75. The van der Waals surface area contributed by atoms with E-state index in [1.807, 2.05) is 11.0 Å². The summed E-state index contributed by atoms with van der Waals surface area (Å²) >= 11 is 0. The van der Waals surface area contributed by atoms with Crippen molar-refractivity contribution in [1.29, 1.82) is 0 Å². The minimum Gasteiger partial charge on any atom is -0.478 e. The van der Waals surface area contributed by atoms with Crippen LogP contribution in [0.2, 0.25) is 0 Å². The van der Waals surface area contributed by atoms with E-state index < -0.39 is 5.97 Å². The molecule has 21 heavy (non-hydrogen) atoms. The van der Waals surface area contributed by atoms with Crippen LogP contribution in [0, 0.1) is 5.41 Å². The van der Waals surface area contributed by atoms with Gasteiger partial charge >= 0.3 is 5.97 Å². The van der Waals surface area contributed by atoms with Gasteiger partial charge in [-0.05, 0) is 43.4 Å². The van der Waals surface area contributed by atoms with Gasteiger partial charge in [-0.25, -0.2) is 4.79 Å². The Morgan fingerprint density at radius 1 is 1.19 bits per heavy atom. The fourth-order valence-electron chi connectivity index (χ4n) is 3.73. The lowest BCUT2D eigenvalue weighted by Gasteiger charge is -2.36. The van der Waals surface area contributed by atoms with Gasteiger partial charge in [-0.15, -0.1) is 0 Å². The molecule has 1 aliphatic carbocycles. The Balaban J connectivity index is 1.99. The SMILES string of the molecule is CC1(C(=O)N2CCCc3c(C(=O)O)cccc32)CCCC1. The maximum absolute atomic E-state index is 12.9. The van der Waals surface area contributed by atoms with E-state index >= 15 is 0 Å². The molecule has 1 N–H and O–H groups in total. The van der Waals surface area contributed by atoms with Crippen molar-refractivity contribution >= 4 is 17.6 Å². The highest BCUT2D eigenvalue weighted by Gasteiger charge is 2.40. The highest BCUT2D eigenvalue weighted by molar-refractivity contribution is 6.00. The smallest absolute Gasteiger partial charge is 0.336 e. The molecular weight excluding hydrogens is 266 g/mol. The number of carbonyl (C=O) groups is 2. The van der Waals surface area contributed by atoms with Crippen molar-refractivity contribution < 1.29 is 14.7 Å². The average Bonchev–Trinajstić information content (AvgIpc) is 2.93. The van der Waals surface area contributed by atoms with Crippen molar-refractivity contribution in [3.8, 4) is 0 Å². The molecule has 2 aliphatic rings. The molecule has 1 fully saturated rings. The van der Waals surface area contributed by atoms with Gasteiger partial charge in [0.25, 0.3) is 0 Å². The van der Waals surface area contributed by atoms with Crippen molar-refractivity contribution in [2.75, 3.05) is 11.4 Å². The van der Waals surface area contributed by atoms with Crippen molar-refractivity contribution in [2.45, 2.75) is 45.4 Å². The molecule has 4 heteroatoms. The summed E-state index contributed by atoms with van der Waals surface area (Å²) in [7, 11) is 0. The molecule has 4 nitrogen and oxygen atoms in total. The maximum Gasteiger partial charge on any atom is 0.336 e. The van der Waals surface area contributed by atoms with Gasteiger partial charge in [0, 0.05) is 17.6 Å². The lowest BCUT2D eigenvalue weighted by molar-refractivity contribution is -0.127. The van der Waals surface area contributed by atoms with Crippen molar-refractivity contribution in [2.24, 2.45) is 5.41 Å². The van der Waals surface area contributed by atoms with Gasteiger partial charge < -0.3 is 10.0 Å². The molecule has 112 valence electrons. The number of carboxylic acid groups (broad SMARTS) is 1. The highest BCUT2D eigenvalue weighted by Crippen LogP contribution is 2.41. The number of anilines is 1. The zero-order valence-electron chi connectivity index (χ0n) is 12.4.